The third-order valence-corrected chi connectivity index (χ3v) is 2.76. The van der Waals surface area contributed by atoms with Crippen molar-refractivity contribution in [3.05, 3.63) is 30.1 Å². The zero-order valence-corrected chi connectivity index (χ0v) is 8.19. The second-order valence-electron chi connectivity index (χ2n) is 3.83. The second kappa shape index (κ2) is 4.53. The number of aliphatic hydroxyl groups is 1. The molecule has 0 radical (unpaired) electrons. The van der Waals surface area contributed by atoms with Gasteiger partial charge in [-0.15, -0.1) is 0 Å². The Morgan fingerprint density at radius 2 is 2.29 bits per heavy atom. The van der Waals surface area contributed by atoms with Gasteiger partial charge in [0.05, 0.1) is 6.10 Å². The lowest BCUT2D eigenvalue weighted by molar-refractivity contribution is 0.136. The Balaban J connectivity index is 1.90. The van der Waals surface area contributed by atoms with Gasteiger partial charge in [-0.1, -0.05) is 0 Å². The minimum atomic E-state index is -0.264. The van der Waals surface area contributed by atoms with E-state index in [1.165, 1.54) is 6.42 Å². The number of hydrogen-bond acceptors (Lipinski definition) is 3. The summed E-state index contributed by atoms with van der Waals surface area (Å²) >= 11 is 0. The fraction of sp³-hybridized carbons (Fsp3) is 0.545. The van der Waals surface area contributed by atoms with Crippen molar-refractivity contribution >= 4 is 0 Å². The smallest absolute Gasteiger partial charge is 0.0733 e. The van der Waals surface area contributed by atoms with Gasteiger partial charge in [0.1, 0.15) is 0 Å². The maximum atomic E-state index is 9.92. The summed E-state index contributed by atoms with van der Waals surface area (Å²) in [5.41, 5.74) is 1.15. The minimum Gasteiger partial charge on any atom is -0.391 e. The third-order valence-electron chi connectivity index (χ3n) is 2.76. The normalized spacial score (nSPS) is 23.6. The predicted octanol–water partition coefficient (Wildman–Crippen LogP) is 0.737. The Morgan fingerprint density at radius 3 is 2.93 bits per heavy atom. The van der Waals surface area contributed by atoms with E-state index in [1.54, 1.807) is 12.4 Å². The van der Waals surface area contributed by atoms with Crippen LogP contribution in [0.25, 0.3) is 0 Å². The Bertz CT molecular complexity index is 270. The summed E-state index contributed by atoms with van der Waals surface area (Å²) in [6.45, 7) is 1.04. The van der Waals surface area contributed by atoms with Crippen molar-refractivity contribution in [2.75, 3.05) is 6.54 Å². The molecule has 1 aliphatic heterocycles. The molecule has 1 aromatic rings. The molecule has 0 aliphatic carbocycles. The lowest BCUT2D eigenvalue weighted by Gasteiger charge is -2.17. The largest absolute Gasteiger partial charge is 0.391 e. The Labute approximate surface area is 84.2 Å². The van der Waals surface area contributed by atoms with Gasteiger partial charge < -0.3 is 10.4 Å². The van der Waals surface area contributed by atoms with Gasteiger partial charge in [-0.05, 0) is 43.5 Å². The van der Waals surface area contributed by atoms with Crippen molar-refractivity contribution in [3.63, 3.8) is 0 Å². The van der Waals surface area contributed by atoms with Gasteiger partial charge in [-0.25, -0.2) is 0 Å². The van der Waals surface area contributed by atoms with Crippen molar-refractivity contribution in [1.29, 1.82) is 0 Å². The zero-order chi connectivity index (χ0) is 9.80. The summed E-state index contributed by atoms with van der Waals surface area (Å²) < 4.78 is 0. The first kappa shape index (κ1) is 9.62. The van der Waals surface area contributed by atoms with Crippen molar-refractivity contribution in [2.45, 2.75) is 31.4 Å². The van der Waals surface area contributed by atoms with Crippen LogP contribution in [0, 0.1) is 0 Å². The van der Waals surface area contributed by atoms with Crippen molar-refractivity contribution in [1.82, 2.24) is 10.3 Å². The zero-order valence-electron chi connectivity index (χ0n) is 8.19. The molecule has 2 atom stereocenters. The molecule has 0 amide bonds. The highest BCUT2D eigenvalue weighted by Crippen LogP contribution is 2.13. The molecule has 2 N–H and O–H groups in total. The molecular formula is C11H16N2O. The molecule has 1 saturated heterocycles. The molecule has 1 aromatic heterocycles. The quantitative estimate of drug-likeness (QED) is 0.742. The van der Waals surface area contributed by atoms with Gasteiger partial charge in [0, 0.05) is 18.4 Å². The van der Waals surface area contributed by atoms with Gasteiger partial charge in [0.25, 0.3) is 0 Å². The molecule has 14 heavy (non-hydrogen) atoms. The Morgan fingerprint density at radius 1 is 1.50 bits per heavy atom. The maximum absolute atomic E-state index is 9.92. The molecule has 0 aromatic carbocycles. The third kappa shape index (κ3) is 2.30. The lowest BCUT2D eigenvalue weighted by Crippen LogP contribution is -2.36. The summed E-state index contributed by atoms with van der Waals surface area (Å²) in [4.78, 5) is 3.95. The molecule has 0 spiro atoms. The molecule has 0 bridgehead atoms. The molecule has 3 heteroatoms. The minimum absolute atomic E-state index is 0.264. The van der Waals surface area contributed by atoms with Crippen LogP contribution in [0.5, 0.6) is 0 Å². The van der Waals surface area contributed by atoms with Crippen LogP contribution in [0.4, 0.5) is 0 Å². The summed E-state index contributed by atoms with van der Waals surface area (Å²) in [5, 5.41) is 13.2. The molecule has 1 unspecified atom stereocenters. The second-order valence-corrected chi connectivity index (χ2v) is 3.83. The Kier molecular flexibility index (Phi) is 3.11. The van der Waals surface area contributed by atoms with E-state index in [4.69, 9.17) is 0 Å². The maximum Gasteiger partial charge on any atom is 0.0733 e. The van der Waals surface area contributed by atoms with E-state index in [-0.39, 0.29) is 12.1 Å². The summed E-state index contributed by atoms with van der Waals surface area (Å²) in [6, 6.07) is 4.19. The summed E-state index contributed by atoms with van der Waals surface area (Å²) in [6.07, 6.45) is 6.26. The summed E-state index contributed by atoms with van der Waals surface area (Å²) in [5.74, 6) is 0. The van der Waals surface area contributed by atoms with Gasteiger partial charge >= 0.3 is 0 Å². The fourth-order valence-corrected chi connectivity index (χ4v) is 1.94. The van der Waals surface area contributed by atoms with Crippen LogP contribution in [-0.4, -0.2) is 28.8 Å². The van der Waals surface area contributed by atoms with Gasteiger partial charge in [-0.2, -0.15) is 0 Å². The standard InChI is InChI=1S/C11H16N2O/c14-11(10-2-1-5-13-10)8-9-3-6-12-7-4-9/h3-4,6-7,10-11,13-14H,1-2,5,8H2/t10-,11?/m1/s1. The highest BCUT2D eigenvalue weighted by Gasteiger charge is 2.22. The van der Waals surface area contributed by atoms with Crippen LogP contribution < -0.4 is 5.32 Å². The van der Waals surface area contributed by atoms with E-state index in [2.05, 4.69) is 10.3 Å². The Hall–Kier alpha value is -0.930. The molecule has 1 aliphatic rings. The number of aromatic nitrogens is 1. The highest BCUT2D eigenvalue weighted by molar-refractivity contribution is 5.11. The number of nitrogens with zero attached hydrogens (tertiary/aromatic N) is 1. The SMILES string of the molecule is OC(Cc1ccncc1)[C@H]1CCCN1. The van der Waals surface area contributed by atoms with E-state index >= 15 is 0 Å². The molecule has 1 fully saturated rings. The number of hydrogen-bond donors (Lipinski definition) is 2. The molecule has 2 rings (SSSR count). The van der Waals surface area contributed by atoms with Crippen molar-refractivity contribution in [2.24, 2.45) is 0 Å². The average Bonchev–Trinajstić information content (AvgIpc) is 2.72. The predicted molar refractivity (Wildman–Crippen MR) is 55.0 cm³/mol. The van der Waals surface area contributed by atoms with E-state index in [1.807, 2.05) is 12.1 Å². The van der Waals surface area contributed by atoms with Crippen LogP contribution in [0.3, 0.4) is 0 Å². The van der Waals surface area contributed by atoms with Crippen molar-refractivity contribution < 1.29 is 5.11 Å². The van der Waals surface area contributed by atoms with Crippen LogP contribution in [0.1, 0.15) is 18.4 Å². The molecule has 0 saturated carbocycles. The van der Waals surface area contributed by atoms with E-state index < -0.39 is 0 Å². The van der Waals surface area contributed by atoms with E-state index in [0.29, 0.717) is 0 Å². The number of nitrogens with one attached hydrogen (secondary N) is 1. The van der Waals surface area contributed by atoms with Crippen LogP contribution in [0.2, 0.25) is 0 Å². The van der Waals surface area contributed by atoms with Crippen LogP contribution >= 0.6 is 0 Å². The monoisotopic (exact) mass is 192 g/mol. The van der Waals surface area contributed by atoms with Gasteiger partial charge in [0.15, 0.2) is 0 Å². The number of rotatable bonds is 3. The first-order chi connectivity index (χ1) is 6.86. The molecular weight excluding hydrogens is 176 g/mol. The van der Waals surface area contributed by atoms with Gasteiger partial charge in [-0.3, -0.25) is 4.98 Å². The fourth-order valence-electron chi connectivity index (χ4n) is 1.94. The number of aliphatic hydroxyl groups excluding tert-OH is 1. The average molecular weight is 192 g/mol. The summed E-state index contributed by atoms with van der Waals surface area (Å²) in [7, 11) is 0. The molecule has 76 valence electrons. The van der Waals surface area contributed by atoms with Gasteiger partial charge in [0.2, 0.25) is 0 Å². The van der Waals surface area contributed by atoms with E-state index in [9.17, 15) is 5.11 Å². The van der Waals surface area contributed by atoms with Crippen molar-refractivity contribution in [3.8, 4) is 0 Å². The number of pyridine rings is 1. The lowest BCUT2D eigenvalue weighted by atomic mass is 10.0. The first-order valence-corrected chi connectivity index (χ1v) is 5.16. The van der Waals surface area contributed by atoms with Crippen LogP contribution in [-0.2, 0) is 6.42 Å². The van der Waals surface area contributed by atoms with Crippen LogP contribution in [0.15, 0.2) is 24.5 Å². The molecule has 3 nitrogen and oxygen atoms in total. The topological polar surface area (TPSA) is 45.2 Å². The highest BCUT2D eigenvalue weighted by atomic mass is 16.3. The first-order valence-electron chi connectivity index (χ1n) is 5.16. The molecule has 2 heterocycles. The van der Waals surface area contributed by atoms with E-state index in [0.717, 1.165) is 24.9 Å².